The number of benzene rings is 2. The summed E-state index contributed by atoms with van der Waals surface area (Å²) in [5, 5.41) is 9.27. The zero-order valence-electron chi connectivity index (χ0n) is 9.81. The fourth-order valence-corrected chi connectivity index (χ4v) is 2.50. The minimum atomic E-state index is -0.785. The number of ketones is 1. The van der Waals surface area contributed by atoms with Crippen LogP contribution in [-0.2, 0) is 0 Å². The minimum absolute atomic E-state index is 0.197. The van der Waals surface area contributed by atoms with Gasteiger partial charge >= 0.3 is 0 Å². The molecule has 1 atom stereocenters. The predicted octanol–water partition coefficient (Wildman–Crippen LogP) is 4.70. The Morgan fingerprint density at radius 2 is 1.68 bits per heavy atom. The van der Waals surface area contributed by atoms with E-state index in [2.05, 4.69) is 37.9 Å². The molecule has 0 amide bonds. The van der Waals surface area contributed by atoms with E-state index in [0.717, 1.165) is 4.47 Å². The van der Waals surface area contributed by atoms with Crippen LogP contribution in [0.15, 0.2) is 57.5 Å². The molecule has 1 unspecified atom stereocenters. The van der Waals surface area contributed by atoms with Gasteiger partial charge in [0.2, 0.25) is 0 Å². The van der Waals surface area contributed by atoms with Crippen molar-refractivity contribution < 1.29 is 4.79 Å². The molecule has 0 aliphatic carbocycles. The molecule has 0 N–H and O–H groups in total. The molecule has 0 saturated carbocycles. The molecule has 0 radical (unpaired) electrons. The smallest absolute Gasteiger partial charge is 0.185 e. The van der Waals surface area contributed by atoms with E-state index in [1.54, 1.807) is 30.3 Å². The van der Waals surface area contributed by atoms with Crippen LogP contribution in [-0.4, -0.2) is 5.78 Å². The van der Waals surface area contributed by atoms with Gasteiger partial charge in [0, 0.05) is 14.5 Å². The summed E-state index contributed by atoms with van der Waals surface area (Å²) < 4.78 is 1.62. The fourth-order valence-electron chi connectivity index (χ4n) is 1.76. The van der Waals surface area contributed by atoms with Crippen molar-refractivity contribution in [2.24, 2.45) is 0 Å². The molecule has 94 valence electrons. The Kier molecular flexibility index (Phi) is 4.52. The van der Waals surface area contributed by atoms with E-state index >= 15 is 0 Å². The van der Waals surface area contributed by atoms with Gasteiger partial charge in [0.15, 0.2) is 5.78 Å². The van der Waals surface area contributed by atoms with Crippen LogP contribution in [0, 0.1) is 11.3 Å². The Hall–Kier alpha value is -1.44. The number of carbonyl (C=O) groups is 1. The first kappa shape index (κ1) is 14.0. The molecule has 0 aromatic heterocycles. The third-order valence-electron chi connectivity index (χ3n) is 2.73. The largest absolute Gasteiger partial charge is 0.292 e. The van der Waals surface area contributed by atoms with Gasteiger partial charge in [-0.2, -0.15) is 5.26 Å². The van der Waals surface area contributed by atoms with Crippen molar-refractivity contribution in [2.45, 2.75) is 5.92 Å². The summed E-state index contributed by atoms with van der Waals surface area (Å²) in [7, 11) is 0. The Balaban J connectivity index is 2.38. The maximum atomic E-state index is 12.4. The van der Waals surface area contributed by atoms with Crippen molar-refractivity contribution >= 4 is 37.6 Å². The van der Waals surface area contributed by atoms with Crippen LogP contribution in [0.4, 0.5) is 0 Å². The molecule has 0 aliphatic heterocycles. The van der Waals surface area contributed by atoms with Crippen LogP contribution in [0.3, 0.4) is 0 Å². The maximum Gasteiger partial charge on any atom is 0.185 e. The van der Waals surface area contributed by atoms with Crippen LogP contribution in [0.25, 0.3) is 0 Å². The van der Waals surface area contributed by atoms with Crippen molar-refractivity contribution in [1.82, 2.24) is 0 Å². The average molecular weight is 379 g/mol. The summed E-state index contributed by atoms with van der Waals surface area (Å²) in [5.41, 5.74) is 1.23. The molecule has 2 aromatic rings. The van der Waals surface area contributed by atoms with Crippen molar-refractivity contribution in [3.8, 4) is 6.07 Å². The van der Waals surface area contributed by atoms with E-state index in [1.807, 2.05) is 18.2 Å². The van der Waals surface area contributed by atoms with Crippen molar-refractivity contribution in [1.29, 1.82) is 5.26 Å². The van der Waals surface area contributed by atoms with Gasteiger partial charge in [-0.1, -0.05) is 62.2 Å². The Morgan fingerprint density at radius 3 is 2.26 bits per heavy atom. The summed E-state index contributed by atoms with van der Waals surface area (Å²) in [6.07, 6.45) is 0. The lowest BCUT2D eigenvalue weighted by Crippen LogP contribution is -2.11. The van der Waals surface area contributed by atoms with Crippen LogP contribution in [0.2, 0.25) is 0 Å². The average Bonchev–Trinajstić information content (AvgIpc) is 2.42. The molecule has 0 spiro atoms. The highest BCUT2D eigenvalue weighted by Gasteiger charge is 2.23. The predicted molar refractivity (Wildman–Crippen MR) is 81.0 cm³/mol. The summed E-state index contributed by atoms with van der Waals surface area (Å²) >= 11 is 6.68. The normalized spacial score (nSPS) is 11.6. The molecule has 0 fully saturated rings. The van der Waals surface area contributed by atoms with Crippen molar-refractivity contribution in [3.63, 3.8) is 0 Å². The summed E-state index contributed by atoms with van der Waals surface area (Å²) in [5.74, 6) is -0.982. The molecule has 0 heterocycles. The van der Waals surface area contributed by atoms with Gasteiger partial charge < -0.3 is 0 Å². The zero-order valence-corrected chi connectivity index (χ0v) is 13.0. The van der Waals surface area contributed by atoms with Gasteiger partial charge in [-0.3, -0.25) is 4.79 Å². The highest BCUT2D eigenvalue weighted by atomic mass is 79.9. The highest BCUT2D eigenvalue weighted by molar-refractivity contribution is 9.10. The second kappa shape index (κ2) is 6.14. The molecule has 0 aliphatic rings. The van der Waals surface area contributed by atoms with Gasteiger partial charge in [0.1, 0.15) is 5.92 Å². The number of halogens is 2. The second-order valence-corrected chi connectivity index (χ2v) is 5.73. The standard InChI is InChI=1S/C15H9Br2NO/c16-11-7-5-10(6-8-11)13(9-18)15(19)12-3-1-2-4-14(12)17/h1-8,13H. The molecular formula is C15H9Br2NO. The van der Waals surface area contributed by atoms with E-state index in [0.29, 0.717) is 15.6 Å². The summed E-state index contributed by atoms with van der Waals surface area (Å²) in [6, 6.07) is 16.4. The van der Waals surface area contributed by atoms with Crippen molar-refractivity contribution in [3.05, 3.63) is 68.6 Å². The van der Waals surface area contributed by atoms with E-state index in [9.17, 15) is 10.1 Å². The Bertz CT molecular complexity index is 644. The first-order valence-corrected chi connectivity index (χ1v) is 7.16. The third-order valence-corrected chi connectivity index (χ3v) is 3.95. The van der Waals surface area contributed by atoms with E-state index in [-0.39, 0.29) is 5.78 Å². The number of nitriles is 1. The van der Waals surface area contributed by atoms with Crippen LogP contribution in [0.5, 0.6) is 0 Å². The number of nitrogens with zero attached hydrogens (tertiary/aromatic N) is 1. The molecule has 2 nitrogen and oxygen atoms in total. The topological polar surface area (TPSA) is 40.9 Å². The maximum absolute atomic E-state index is 12.4. The first-order valence-electron chi connectivity index (χ1n) is 5.57. The highest BCUT2D eigenvalue weighted by Crippen LogP contribution is 2.26. The molecule has 0 saturated heterocycles. The molecule has 0 bridgehead atoms. The molecular weight excluding hydrogens is 370 g/mol. The van der Waals surface area contributed by atoms with Crippen LogP contribution >= 0.6 is 31.9 Å². The Morgan fingerprint density at radius 1 is 1.05 bits per heavy atom. The lowest BCUT2D eigenvalue weighted by atomic mass is 9.92. The number of hydrogen-bond acceptors (Lipinski definition) is 2. The summed E-state index contributed by atoms with van der Waals surface area (Å²) in [6.45, 7) is 0. The van der Waals surface area contributed by atoms with Gasteiger partial charge in [-0.15, -0.1) is 0 Å². The van der Waals surface area contributed by atoms with E-state index in [4.69, 9.17) is 0 Å². The van der Waals surface area contributed by atoms with Gasteiger partial charge in [0.05, 0.1) is 6.07 Å². The monoisotopic (exact) mass is 377 g/mol. The molecule has 4 heteroatoms. The second-order valence-electron chi connectivity index (χ2n) is 3.96. The molecule has 2 rings (SSSR count). The molecule has 19 heavy (non-hydrogen) atoms. The lowest BCUT2D eigenvalue weighted by molar-refractivity contribution is 0.0978. The fraction of sp³-hybridized carbons (Fsp3) is 0.0667. The minimum Gasteiger partial charge on any atom is -0.292 e. The van der Waals surface area contributed by atoms with E-state index in [1.165, 1.54) is 0 Å². The molecule has 2 aromatic carbocycles. The SMILES string of the molecule is N#CC(C(=O)c1ccccc1Br)c1ccc(Br)cc1. The number of hydrogen-bond donors (Lipinski definition) is 0. The van der Waals surface area contributed by atoms with Gasteiger partial charge in [0.25, 0.3) is 0 Å². The van der Waals surface area contributed by atoms with Crippen LogP contribution < -0.4 is 0 Å². The number of carbonyl (C=O) groups excluding carboxylic acids is 1. The van der Waals surface area contributed by atoms with Gasteiger partial charge in [-0.05, 0) is 23.8 Å². The third kappa shape index (κ3) is 3.12. The van der Waals surface area contributed by atoms with E-state index < -0.39 is 5.92 Å². The Labute approximate surface area is 128 Å². The first-order chi connectivity index (χ1) is 9.13. The zero-order chi connectivity index (χ0) is 13.8. The summed E-state index contributed by atoms with van der Waals surface area (Å²) in [4.78, 5) is 12.4. The number of rotatable bonds is 3. The van der Waals surface area contributed by atoms with Crippen LogP contribution in [0.1, 0.15) is 21.8 Å². The lowest BCUT2D eigenvalue weighted by Gasteiger charge is -2.10. The number of Topliss-reactive ketones (excluding diaryl/α,β-unsaturated/α-hetero) is 1. The quantitative estimate of drug-likeness (QED) is 0.726. The van der Waals surface area contributed by atoms with Gasteiger partial charge in [-0.25, -0.2) is 0 Å². The van der Waals surface area contributed by atoms with Crippen molar-refractivity contribution in [2.75, 3.05) is 0 Å².